The number of nitro groups is 1. The molecule has 0 aliphatic heterocycles. The SMILES string of the molecule is Nc1cc(F)c(Br)c(F)c1[N+](=O)[O-]. The highest BCUT2D eigenvalue weighted by Gasteiger charge is 2.24. The van der Waals surface area contributed by atoms with E-state index in [4.69, 9.17) is 5.73 Å². The molecule has 0 amide bonds. The van der Waals surface area contributed by atoms with Gasteiger partial charge in [0.05, 0.1) is 9.40 Å². The predicted molar refractivity (Wildman–Crippen MR) is 45.1 cm³/mol. The van der Waals surface area contributed by atoms with Gasteiger partial charge in [-0.15, -0.1) is 0 Å². The van der Waals surface area contributed by atoms with Crippen molar-refractivity contribution in [3.63, 3.8) is 0 Å². The molecule has 0 saturated carbocycles. The minimum atomic E-state index is -1.30. The molecule has 1 rings (SSSR count). The summed E-state index contributed by atoms with van der Waals surface area (Å²) >= 11 is 2.52. The van der Waals surface area contributed by atoms with Crippen molar-refractivity contribution in [1.82, 2.24) is 0 Å². The van der Waals surface area contributed by atoms with Crippen molar-refractivity contribution in [2.24, 2.45) is 0 Å². The van der Waals surface area contributed by atoms with Crippen LogP contribution < -0.4 is 5.73 Å². The first kappa shape index (κ1) is 9.85. The van der Waals surface area contributed by atoms with Crippen LogP contribution >= 0.6 is 15.9 Å². The minimum absolute atomic E-state index is 0.539. The first-order valence-electron chi connectivity index (χ1n) is 3.02. The van der Waals surface area contributed by atoms with Gasteiger partial charge in [0.25, 0.3) is 0 Å². The van der Waals surface area contributed by atoms with E-state index >= 15 is 0 Å². The molecule has 7 heteroatoms. The predicted octanol–water partition coefficient (Wildman–Crippen LogP) is 2.22. The van der Waals surface area contributed by atoms with Gasteiger partial charge in [0.2, 0.25) is 5.82 Å². The third-order valence-electron chi connectivity index (χ3n) is 1.35. The number of benzene rings is 1. The van der Waals surface area contributed by atoms with Crippen molar-refractivity contribution in [3.8, 4) is 0 Å². The lowest BCUT2D eigenvalue weighted by molar-refractivity contribution is -0.386. The summed E-state index contributed by atoms with van der Waals surface area (Å²) < 4.78 is 25.1. The zero-order valence-electron chi connectivity index (χ0n) is 6.05. The number of nitro benzene ring substituents is 1. The van der Waals surface area contributed by atoms with Gasteiger partial charge in [-0.25, -0.2) is 4.39 Å². The molecule has 70 valence electrons. The zero-order valence-corrected chi connectivity index (χ0v) is 7.64. The van der Waals surface area contributed by atoms with Crippen LogP contribution in [0.1, 0.15) is 0 Å². The highest BCUT2D eigenvalue weighted by molar-refractivity contribution is 9.10. The highest BCUT2D eigenvalue weighted by Crippen LogP contribution is 2.32. The maximum absolute atomic E-state index is 13.0. The molecule has 0 spiro atoms. The maximum Gasteiger partial charge on any atom is 0.328 e. The Morgan fingerprint density at radius 3 is 2.54 bits per heavy atom. The van der Waals surface area contributed by atoms with Crippen molar-refractivity contribution < 1.29 is 13.7 Å². The van der Waals surface area contributed by atoms with Crippen molar-refractivity contribution in [2.45, 2.75) is 0 Å². The number of nitrogens with zero attached hydrogens (tertiary/aromatic N) is 1. The van der Waals surface area contributed by atoms with E-state index in [-0.39, 0.29) is 0 Å². The second-order valence-corrected chi connectivity index (χ2v) is 2.97. The Balaban J connectivity index is 3.53. The van der Waals surface area contributed by atoms with Crippen molar-refractivity contribution in [1.29, 1.82) is 0 Å². The van der Waals surface area contributed by atoms with E-state index in [0.717, 1.165) is 0 Å². The van der Waals surface area contributed by atoms with Gasteiger partial charge in [-0.05, 0) is 15.9 Å². The molecule has 4 nitrogen and oxygen atoms in total. The van der Waals surface area contributed by atoms with Crippen LogP contribution in [0.25, 0.3) is 0 Å². The summed E-state index contributed by atoms with van der Waals surface area (Å²) in [7, 11) is 0. The number of hydrogen-bond donors (Lipinski definition) is 1. The quantitative estimate of drug-likeness (QED) is 0.361. The summed E-state index contributed by atoms with van der Waals surface area (Å²) in [5, 5.41) is 10.2. The molecule has 0 aromatic heterocycles. The lowest BCUT2D eigenvalue weighted by atomic mass is 10.2. The van der Waals surface area contributed by atoms with Crippen LogP contribution in [0.15, 0.2) is 10.5 Å². The molecule has 0 fully saturated rings. The van der Waals surface area contributed by atoms with E-state index in [2.05, 4.69) is 15.9 Å². The van der Waals surface area contributed by atoms with Crippen LogP contribution in [0.2, 0.25) is 0 Å². The van der Waals surface area contributed by atoms with Gasteiger partial charge in [0.15, 0.2) is 0 Å². The number of rotatable bonds is 1. The zero-order chi connectivity index (χ0) is 10.2. The summed E-state index contributed by atoms with van der Waals surface area (Å²) in [6.45, 7) is 0. The van der Waals surface area contributed by atoms with Crippen LogP contribution in [0.4, 0.5) is 20.2 Å². The molecule has 1 aromatic carbocycles. The molecule has 0 atom stereocenters. The molecule has 0 unspecified atom stereocenters. The van der Waals surface area contributed by atoms with Crippen LogP contribution in [-0.4, -0.2) is 4.92 Å². The summed E-state index contributed by atoms with van der Waals surface area (Å²) in [5.41, 5.74) is 3.59. The number of anilines is 1. The van der Waals surface area contributed by atoms with Gasteiger partial charge in [-0.2, -0.15) is 4.39 Å². The number of halogens is 3. The molecule has 13 heavy (non-hydrogen) atoms. The van der Waals surface area contributed by atoms with E-state index in [1.165, 1.54) is 0 Å². The molecule has 0 bridgehead atoms. The van der Waals surface area contributed by atoms with Gasteiger partial charge in [0, 0.05) is 6.07 Å². The topological polar surface area (TPSA) is 69.2 Å². The Labute approximate surface area is 79.6 Å². The summed E-state index contributed by atoms with van der Waals surface area (Å²) in [6.07, 6.45) is 0. The second kappa shape index (κ2) is 3.25. The molecule has 0 heterocycles. The molecule has 0 radical (unpaired) electrons. The van der Waals surface area contributed by atoms with E-state index < -0.39 is 32.4 Å². The maximum atomic E-state index is 13.0. The van der Waals surface area contributed by atoms with Crippen molar-refractivity contribution in [3.05, 3.63) is 32.3 Å². The van der Waals surface area contributed by atoms with Gasteiger partial charge >= 0.3 is 5.69 Å². The standard InChI is InChI=1S/C6H3BrF2N2O2/c7-4-2(8)1-3(10)6(5(4)9)11(12)13/h1H,10H2. The third kappa shape index (κ3) is 1.59. The number of nitrogens with two attached hydrogens (primary N) is 1. The molecular formula is C6H3BrF2N2O2. The molecule has 0 aliphatic carbocycles. The smallest absolute Gasteiger partial charge is 0.328 e. The molecule has 1 aromatic rings. The van der Waals surface area contributed by atoms with Gasteiger partial charge in [-0.1, -0.05) is 0 Å². The van der Waals surface area contributed by atoms with Crippen LogP contribution in [0.5, 0.6) is 0 Å². The Bertz CT molecular complexity index is 383. The van der Waals surface area contributed by atoms with Crippen molar-refractivity contribution >= 4 is 27.3 Å². The number of hydrogen-bond acceptors (Lipinski definition) is 3. The fraction of sp³-hybridized carbons (Fsp3) is 0. The first-order chi connectivity index (χ1) is 5.95. The van der Waals surface area contributed by atoms with Crippen molar-refractivity contribution in [2.75, 3.05) is 5.73 Å². The minimum Gasteiger partial charge on any atom is -0.393 e. The van der Waals surface area contributed by atoms with E-state index in [1.807, 2.05) is 0 Å². The molecule has 0 saturated heterocycles. The first-order valence-corrected chi connectivity index (χ1v) is 3.81. The van der Waals surface area contributed by atoms with E-state index in [1.54, 1.807) is 0 Å². The molecular weight excluding hydrogens is 250 g/mol. The number of nitrogen functional groups attached to an aromatic ring is 1. The second-order valence-electron chi connectivity index (χ2n) is 2.18. The average Bonchev–Trinajstić information content (AvgIpc) is 1.99. The largest absolute Gasteiger partial charge is 0.393 e. The average molecular weight is 253 g/mol. The Morgan fingerprint density at radius 2 is 2.08 bits per heavy atom. The lowest BCUT2D eigenvalue weighted by Gasteiger charge is -2.01. The fourth-order valence-corrected chi connectivity index (χ4v) is 1.09. The third-order valence-corrected chi connectivity index (χ3v) is 2.08. The van der Waals surface area contributed by atoms with Crippen LogP contribution in [0.3, 0.4) is 0 Å². The summed E-state index contributed by atoms with van der Waals surface area (Å²) in [5.74, 6) is -2.27. The fourth-order valence-electron chi connectivity index (χ4n) is 0.789. The Kier molecular flexibility index (Phi) is 2.46. The van der Waals surface area contributed by atoms with Gasteiger partial charge in [-0.3, -0.25) is 10.1 Å². The van der Waals surface area contributed by atoms with Gasteiger partial charge < -0.3 is 5.73 Å². The summed E-state index contributed by atoms with van der Waals surface area (Å²) in [4.78, 5) is 9.24. The normalized spacial score (nSPS) is 10.1. The molecule has 2 N–H and O–H groups in total. The lowest BCUT2D eigenvalue weighted by Crippen LogP contribution is -2.01. The van der Waals surface area contributed by atoms with E-state index in [9.17, 15) is 18.9 Å². The monoisotopic (exact) mass is 252 g/mol. The Morgan fingerprint density at radius 1 is 1.54 bits per heavy atom. The van der Waals surface area contributed by atoms with E-state index in [0.29, 0.717) is 6.07 Å². The highest BCUT2D eigenvalue weighted by atomic mass is 79.9. The molecule has 0 aliphatic rings. The summed E-state index contributed by atoms with van der Waals surface area (Å²) in [6, 6.07) is 0.686. The Hall–Kier alpha value is -1.24. The van der Waals surface area contributed by atoms with Crippen LogP contribution in [0, 0.1) is 21.7 Å². The van der Waals surface area contributed by atoms with Crippen LogP contribution in [-0.2, 0) is 0 Å². The van der Waals surface area contributed by atoms with Gasteiger partial charge in [0.1, 0.15) is 11.5 Å².